The maximum Gasteiger partial charge on any atom is 0.417 e. The highest BCUT2D eigenvalue weighted by Crippen LogP contribution is 2.39. The van der Waals surface area contributed by atoms with Gasteiger partial charge in [-0.25, -0.2) is 0 Å². The van der Waals surface area contributed by atoms with E-state index >= 15 is 0 Å². The summed E-state index contributed by atoms with van der Waals surface area (Å²) < 4.78 is 45.5. The van der Waals surface area contributed by atoms with Gasteiger partial charge in [-0.2, -0.15) is 13.2 Å². The molecule has 2 aliphatic rings. The molecule has 0 radical (unpaired) electrons. The van der Waals surface area contributed by atoms with Gasteiger partial charge < -0.3 is 4.74 Å². The number of hydrogen-bond acceptors (Lipinski definition) is 2. The molecule has 1 saturated carbocycles. The number of ether oxygens (including phenoxy) is 1. The van der Waals surface area contributed by atoms with Crippen molar-refractivity contribution < 1.29 is 17.9 Å². The summed E-state index contributed by atoms with van der Waals surface area (Å²) in [6.45, 7) is 3.27. The van der Waals surface area contributed by atoms with Crippen molar-refractivity contribution in [3.63, 3.8) is 0 Å². The zero-order valence-corrected chi connectivity index (χ0v) is 17.7. The van der Waals surface area contributed by atoms with Crippen molar-refractivity contribution in [3.05, 3.63) is 69.7 Å². The predicted molar refractivity (Wildman–Crippen MR) is 112 cm³/mol. The summed E-state index contributed by atoms with van der Waals surface area (Å²) in [4.78, 5) is 2.23. The van der Waals surface area contributed by atoms with Crippen LogP contribution < -0.4 is 0 Å². The van der Waals surface area contributed by atoms with Gasteiger partial charge in [0.15, 0.2) is 0 Å². The van der Waals surface area contributed by atoms with E-state index in [9.17, 15) is 13.2 Å². The van der Waals surface area contributed by atoms with E-state index in [0.29, 0.717) is 32.2 Å². The molecule has 0 N–H and O–H groups in total. The number of rotatable bonds is 9. The van der Waals surface area contributed by atoms with Crippen molar-refractivity contribution in [2.45, 2.75) is 51.6 Å². The molecule has 162 valence electrons. The first-order valence-corrected chi connectivity index (χ1v) is 11.0. The minimum atomic E-state index is -4.42. The van der Waals surface area contributed by atoms with E-state index in [1.54, 1.807) is 0 Å². The van der Waals surface area contributed by atoms with Crippen LogP contribution in [0.4, 0.5) is 13.2 Å². The number of alkyl halides is 3. The average Bonchev–Trinajstić information content (AvgIpc) is 3.44. The lowest BCUT2D eigenvalue weighted by atomic mass is 10.0. The van der Waals surface area contributed by atoms with E-state index in [1.807, 2.05) is 18.2 Å². The van der Waals surface area contributed by atoms with Crippen LogP contribution in [0.1, 0.15) is 47.9 Å². The normalized spacial score (nSPS) is 17.9. The van der Waals surface area contributed by atoms with Crippen LogP contribution in [0.5, 0.6) is 0 Å². The predicted octanol–water partition coefficient (Wildman–Crippen LogP) is 6.70. The Morgan fingerprint density at radius 3 is 2.43 bits per heavy atom. The van der Waals surface area contributed by atoms with E-state index in [1.165, 1.54) is 31.4 Å². The SMILES string of the molecule is FC(F)(F)c1cc2c(cc1Cl)CN(CC(CCC1CC1)COCc1ccccc1)C2. The molecule has 2 nitrogen and oxygen atoms in total. The molecule has 1 fully saturated rings. The van der Waals surface area contributed by atoms with E-state index < -0.39 is 11.7 Å². The summed E-state index contributed by atoms with van der Waals surface area (Å²) >= 11 is 5.91. The molecule has 0 amide bonds. The Balaban J connectivity index is 1.35. The Hall–Kier alpha value is -1.56. The van der Waals surface area contributed by atoms with Crippen LogP contribution >= 0.6 is 11.6 Å². The van der Waals surface area contributed by atoms with Crippen LogP contribution in [0.2, 0.25) is 5.02 Å². The van der Waals surface area contributed by atoms with Crippen LogP contribution in [0.25, 0.3) is 0 Å². The first kappa shape index (κ1) is 21.7. The quantitative estimate of drug-likeness (QED) is 0.433. The molecule has 4 rings (SSSR count). The highest BCUT2D eigenvalue weighted by Gasteiger charge is 2.35. The molecular formula is C24H27ClF3NO. The van der Waals surface area contributed by atoms with Gasteiger partial charge in [0.2, 0.25) is 0 Å². The van der Waals surface area contributed by atoms with Crippen molar-refractivity contribution in [2.24, 2.45) is 11.8 Å². The zero-order valence-electron chi connectivity index (χ0n) is 16.9. The van der Waals surface area contributed by atoms with Crippen molar-refractivity contribution in [3.8, 4) is 0 Å². The highest BCUT2D eigenvalue weighted by atomic mass is 35.5. The van der Waals surface area contributed by atoms with Gasteiger partial charge in [0.05, 0.1) is 23.8 Å². The number of nitrogens with zero attached hydrogens (tertiary/aromatic N) is 1. The molecule has 1 aliphatic heterocycles. The lowest BCUT2D eigenvalue weighted by Crippen LogP contribution is -2.27. The Bertz CT molecular complexity index is 852. The van der Waals surface area contributed by atoms with Gasteiger partial charge in [0, 0.05) is 19.6 Å². The number of benzene rings is 2. The third-order valence-corrected chi connectivity index (χ3v) is 6.36. The maximum absolute atomic E-state index is 13.2. The summed E-state index contributed by atoms with van der Waals surface area (Å²) in [5, 5.41) is -0.209. The zero-order chi connectivity index (χ0) is 21.1. The van der Waals surface area contributed by atoms with Crippen molar-refractivity contribution in [2.75, 3.05) is 13.2 Å². The van der Waals surface area contributed by atoms with Gasteiger partial charge in [0.25, 0.3) is 0 Å². The third kappa shape index (κ3) is 5.77. The summed E-state index contributed by atoms with van der Waals surface area (Å²) in [7, 11) is 0. The maximum atomic E-state index is 13.2. The van der Waals surface area contributed by atoms with Crippen molar-refractivity contribution >= 4 is 11.6 Å². The van der Waals surface area contributed by atoms with Crippen LogP contribution in [-0.4, -0.2) is 18.1 Å². The number of fused-ring (bicyclic) bond motifs is 1. The molecule has 0 bridgehead atoms. The second-order valence-electron chi connectivity index (χ2n) is 8.66. The van der Waals surface area contributed by atoms with E-state index in [-0.39, 0.29) is 5.02 Å². The topological polar surface area (TPSA) is 12.5 Å². The molecule has 1 heterocycles. The standard InChI is InChI=1S/C24H27ClF3NO/c25-23-11-21-14-29(13-20(21)10-22(23)24(26,27)28)12-19(9-8-17-6-7-17)16-30-15-18-4-2-1-3-5-18/h1-5,10-11,17,19H,6-9,12-16H2. The highest BCUT2D eigenvalue weighted by molar-refractivity contribution is 6.31. The third-order valence-electron chi connectivity index (χ3n) is 6.04. The van der Waals surface area contributed by atoms with Crippen LogP contribution in [0.3, 0.4) is 0 Å². The summed E-state index contributed by atoms with van der Waals surface area (Å²) in [6.07, 6.45) is 0.541. The Labute approximate surface area is 181 Å². The molecule has 1 aliphatic carbocycles. The smallest absolute Gasteiger partial charge is 0.376 e. The molecular weight excluding hydrogens is 411 g/mol. The van der Waals surface area contributed by atoms with Gasteiger partial charge in [-0.3, -0.25) is 4.90 Å². The second-order valence-corrected chi connectivity index (χ2v) is 9.06. The van der Waals surface area contributed by atoms with Crippen LogP contribution in [-0.2, 0) is 30.6 Å². The fourth-order valence-corrected chi connectivity index (χ4v) is 4.52. The first-order chi connectivity index (χ1) is 14.4. The Morgan fingerprint density at radius 1 is 1.07 bits per heavy atom. The lowest BCUT2D eigenvalue weighted by Gasteiger charge is -2.23. The van der Waals surface area contributed by atoms with E-state index in [4.69, 9.17) is 16.3 Å². The van der Waals surface area contributed by atoms with Gasteiger partial charge in [-0.1, -0.05) is 61.2 Å². The minimum Gasteiger partial charge on any atom is -0.376 e. The van der Waals surface area contributed by atoms with Crippen LogP contribution in [0.15, 0.2) is 42.5 Å². The largest absolute Gasteiger partial charge is 0.417 e. The molecule has 0 aromatic heterocycles. The van der Waals surface area contributed by atoms with E-state index in [2.05, 4.69) is 17.0 Å². The molecule has 1 atom stereocenters. The molecule has 2 aromatic rings. The van der Waals surface area contributed by atoms with Crippen molar-refractivity contribution in [1.29, 1.82) is 0 Å². The van der Waals surface area contributed by atoms with Gasteiger partial charge >= 0.3 is 6.18 Å². The van der Waals surface area contributed by atoms with Gasteiger partial charge in [-0.15, -0.1) is 0 Å². The van der Waals surface area contributed by atoms with Crippen LogP contribution in [0, 0.1) is 11.8 Å². The molecule has 0 saturated heterocycles. The number of hydrogen-bond donors (Lipinski definition) is 0. The molecule has 0 spiro atoms. The van der Waals surface area contributed by atoms with Crippen molar-refractivity contribution in [1.82, 2.24) is 4.90 Å². The second kappa shape index (κ2) is 9.29. The Kier molecular flexibility index (Phi) is 6.71. The Morgan fingerprint density at radius 2 is 1.77 bits per heavy atom. The lowest BCUT2D eigenvalue weighted by molar-refractivity contribution is -0.137. The fraction of sp³-hybridized carbons (Fsp3) is 0.500. The fourth-order valence-electron chi connectivity index (χ4n) is 4.23. The number of halogens is 4. The van der Waals surface area contributed by atoms with Gasteiger partial charge in [-0.05, 0) is 47.1 Å². The monoisotopic (exact) mass is 437 g/mol. The minimum absolute atomic E-state index is 0.209. The average molecular weight is 438 g/mol. The molecule has 1 unspecified atom stereocenters. The molecule has 2 aromatic carbocycles. The van der Waals surface area contributed by atoms with E-state index in [0.717, 1.165) is 35.6 Å². The molecule has 6 heteroatoms. The van der Waals surface area contributed by atoms with Gasteiger partial charge in [0.1, 0.15) is 0 Å². The summed E-state index contributed by atoms with van der Waals surface area (Å²) in [5.41, 5.74) is 2.06. The molecule has 30 heavy (non-hydrogen) atoms. The summed E-state index contributed by atoms with van der Waals surface area (Å²) in [5.74, 6) is 1.23. The first-order valence-electron chi connectivity index (χ1n) is 10.6. The summed E-state index contributed by atoms with van der Waals surface area (Å²) in [6, 6.07) is 12.8.